The summed E-state index contributed by atoms with van der Waals surface area (Å²) in [4.78, 5) is 6.45. The predicted octanol–water partition coefficient (Wildman–Crippen LogP) is 2.62. The smallest absolute Gasteiger partial charge is 0.0300 e. The van der Waals surface area contributed by atoms with Crippen LogP contribution < -0.4 is 5.32 Å². The second-order valence-electron chi connectivity index (χ2n) is 5.53. The number of nitrogens with one attached hydrogen (secondary N) is 1. The predicted molar refractivity (Wildman–Crippen MR) is 86.9 cm³/mol. The maximum Gasteiger partial charge on any atom is 0.0300 e. The molecule has 0 aliphatic carbocycles. The maximum absolute atomic E-state index is 3.54. The molecule has 0 spiro atoms. The summed E-state index contributed by atoms with van der Waals surface area (Å²) >= 11 is 5.30. The molecule has 108 valence electrons. The van der Waals surface area contributed by atoms with Crippen molar-refractivity contribution in [2.45, 2.75) is 32.5 Å². The fraction of sp³-hybridized carbons (Fsp3) is 0.714. The summed E-state index contributed by atoms with van der Waals surface area (Å²) in [6.07, 6.45) is 0. The van der Waals surface area contributed by atoms with Gasteiger partial charge in [0.25, 0.3) is 0 Å². The molecule has 2 atom stereocenters. The summed E-state index contributed by atoms with van der Waals surface area (Å²) in [5.41, 5.74) is 0. The molecule has 3 nitrogen and oxygen atoms in total. The molecule has 0 saturated carbocycles. The van der Waals surface area contributed by atoms with Gasteiger partial charge >= 0.3 is 0 Å². The Balaban J connectivity index is 1.66. The Morgan fingerprint density at radius 3 is 2.63 bits per heavy atom. The van der Waals surface area contributed by atoms with Crippen LogP contribution >= 0.6 is 27.3 Å². The van der Waals surface area contributed by atoms with Crippen molar-refractivity contribution in [3.05, 3.63) is 20.8 Å². The summed E-state index contributed by atoms with van der Waals surface area (Å²) in [5.74, 6) is 0. The molecular formula is C14H24BrN3S. The molecule has 0 aromatic carbocycles. The first-order valence-corrected chi connectivity index (χ1v) is 8.61. The zero-order valence-corrected chi connectivity index (χ0v) is 14.4. The second kappa shape index (κ2) is 7.18. The van der Waals surface area contributed by atoms with Crippen LogP contribution in [0.5, 0.6) is 0 Å². The van der Waals surface area contributed by atoms with Crippen LogP contribution in [0.15, 0.2) is 15.9 Å². The Morgan fingerprint density at radius 1 is 1.37 bits per heavy atom. The number of likely N-dealkylation sites (N-methyl/N-ethyl adjacent to an activating group) is 1. The van der Waals surface area contributed by atoms with Crippen LogP contribution in [0.25, 0.3) is 0 Å². The lowest BCUT2D eigenvalue weighted by atomic mass is 10.1. The van der Waals surface area contributed by atoms with Crippen LogP contribution in [-0.2, 0) is 6.54 Å². The van der Waals surface area contributed by atoms with E-state index >= 15 is 0 Å². The van der Waals surface area contributed by atoms with E-state index in [1.54, 1.807) is 11.3 Å². The van der Waals surface area contributed by atoms with E-state index in [4.69, 9.17) is 0 Å². The van der Waals surface area contributed by atoms with Crippen molar-refractivity contribution >= 4 is 27.3 Å². The van der Waals surface area contributed by atoms with E-state index < -0.39 is 0 Å². The molecule has 0 amide bonds. The van der Waals surface area contributed by atoms with E-state index in [2.05, 4.69) is 63.4 Å². The molecule has 0 unspecified atom stereocenters. The Morgan fingerprint density at radius 2 is 2.05 bits per heavy atom. The summed E-state index contributed by atoms with van der Waals surface area (Å²) in [7, 11) is 2.24. The Hall–Kier alpha value is 0.0600. The van der Waals surface area contributed by atoms with Crippen molar-refractivity contribution in [1.29, 1.82) is 0 Å². The summed E-state index contributed by atoms with van der Waals surface area (Å²) in [6.45, 7) is 10.2. The van der Waals surface area contributed by atoms with Gasteiger partial charge in [-0.1, -0.05) is 0 Å². The van der Waals surface area contributed by atoms with Gasteiger partial charge in [0.2, 0.25) is 0 Å². The Kier molecular flexibility index (Phi) is 5.84. The lowest BCUT2D eigenvalue weighted by Gasteiger charge is -2.42. The van der Waals surface area contributed by atoms with Crippen molar-refractivity contribution in [2.24, 2.45) is 0 Å². The van der Waals surface area contributed by atoms with Crippen LogP contribution in [-0.4, -0.2) is 55.1 Å². The minimum absolute atomic E-state index is 0.664. The minimum atomic E-state index is 0.664. The highest BCUT2D eigenvalue weighted by atomic mass is 79.9. The Bertz CT molecular complexity index is 384. The van der Waals surface area contributed by atoms with Crippen LogP contribution in [0.4, 0.5) is 0 Å². The Labute approximate surface area is 129 Å². The van der Waals surface area contributed by atoms with Crippen molar-refractivity contribution in [3.63, 3.8) is 0 Å². The lowest BCUT2D eigenvalue weighted by Crippen LogP contribution is -2.55. The van der Waals surface area contributed by atoms with E-state index in [0.29, 0.717) is 12.1 Å². The standard InChI is InChI=1S/C14H24BrN3S/c1-11-8-18(9-12(2)17(11)3)5-4-16-7-14-6-13(15)10-19-14/h6,10-12,16H,4-5,7-9H2,1-3H3/t11-,12+. The molecular weight excluding hydrogens is 322 g/mol. The summed E-state index contributed by atoms with van der Waals surface area (Å²) in [6, 6.07) is 3.52. The van der Waals surface area contributed by atoms with Crippen molar-refractivity contribution in [1.82, 2.24) is 15.1 Å². The van der Waals surface area contributed by atoms with E-state index in [-0.39, 0.29) is 0 Å². The number of hydrogen-bond donors (Lipinski definition) is 1. The first-order valence-electron chi connectivity index (χ1n) is 6.94. The number of hydrogen-bond acceptors (Lipinski definition) is 4. The second-order valence-corrected chi connectivity index (χ2v) is 7.44. The molecule has 1 aromatic rings. The molecule has 0 bridgehead atoms. The highest BCUT2D eigenvalue weighted by Gasteiger charge is 2.25. The highest BCUT2D eigenvalue weighted by molar-refractivity contribution is 9.10. The van der Waals surface area contributed by atoms with Crippen LogP contribution in [0.1, 0.15) is 18.7 Å². The van der Waals surface area contributed by atoms with Gasteiger partial charge in [0, 0.05) is 59.5 Å². The van der Waals surface area contributed by atoms with E-state index in [9.17, 15) is 0 Å². The maximum atomic E-state index is 3.54. The lowest BCUT2D eigenvalue weighted by molar-refractivity contribution is 0.0607. The van der Waals surface area contributed by atoms with Gasteiger partial charge in [0.05, 0.1) is 0 Å². The molecule has 2 heterocycles. The van der Waals surface area contributed by atoms with Crippen LogP contribution in [0.3, 0.4) is 0 Å². The molecule has 5 heteroatoms. The molecule has 1 aromatic heterocycles. The number of thiophene rings is 1. The topological polar surface area (TPSA) is 18.5 Å². The first kappa shape index (κ1) is 15.4. The molecule has 1 aliphatic heterocycles. The molecule has 1 aliphatic rings. The van der Waals surface area contributed by atoms with Crippen molar-refractivity contribution in [2.75, 3.05) is 33.2 Å². The molecule has 1 N–H and O–H groups in total. The SMILES string of the molecule is C[C@@H]1CN(CCNCc2cc(Br)cs2)C[C@H](C)N1C. The molecule has 1 fully saturated rings. The average Bonchev–Trinajstić information content (AvgIpc) is 2.77. The van der Waals surface area contributed by atoms with Gasteiger partial charge in [-0.25, -0.2) is 0 Å². The normalized spacial score (nSPS) is 25.9. The zero-order valence-electron chi connectivity index (χ0n) is 12.0. The summed E-state index contributed by atoms with van der Waals surface area (Å²) in [5, 5.41) is 5.68. The quantitative estimate of drug-likeness (QED) is 0.827. The largest absolute Gasteiger partial charge is 0.311 e. The van der Waals surface area contributed by atoms with Crippen molar-refractivity contribution < 1.29 is 0 Å². The molecule has 1 saturated heterocycles. The average molecular weight is 346 g/mol. The third-order valence-corrected chi connectivity index (χ3v) is 5.66. The van der Waals surface area contributed by atoms with Crippen LogP contribution in [0, 0.1) is 0 Å². The van der Waals surface area contributed by atoms with Crippen molar-refractivity contribution in [3.8, 4) is 0 Å². The summed E-state index contributed by atoms with van der Waals surface area (Å²) < 4.78 is 1.19. The number of halogens is 1. The fourth-order valence-corrected chi connectivity index (χ4v) is 4.01. The van der Waals surface area contributed by atoms with Crippen LogP contribution in [0.2, 0.25) is 0 Å². The highest BCUT2D eigenvalue weighted by Crippen LogP contribution is 2.19. The third-order valence-electron chi connectivity index (χ3n) is 3.96. The zero-order chi connectivity index (χ0) is 13.8. The van der Waals surface area contributed by atoms with Gasteiger partial charge in [0.1, 0.15) is 0 Å². The number of piperazine rings is 1. The number of nitrogens with zero attached hydrogens (tertiary/aromatic N) is 2. The van der Waals surface area contributed by atoms with E-state index in [0.717, 1.165) is 19.6 Å². The minimum Gasteiger partial charge on any atom is -0.311 e. The number of rotatable bonds is 5. The van der Waals surface area contributed by atoms with Gasteiger partial charge in [-0.2, -0.15) is 0 Å². The first-order chi connectivity index (χ1) is 9.06. The van der Waals surface area contributed by atoms with E-state index in [1.807, 2.05) is 0 Å². The van der Waals surface area contributed by atoms with Gasteiger partial charge in [0.15, 0.2) is 0 Å². The molecule has 0 radical (unpaired) electrons. The third kappa shape index (κ3) is 4.53. The van der Waals surface area contributed by atoms with Gasteiger partial charge in [-0.3, -0.25) is 9.80 Å². The molecule has 19 heavy (non-hydrogen) atoms. The monoisotopic (exact) mass is 345 g/mol. The van der Waals surface area contributed by atoms with Gasteiger partial charge in [-0.15, -0.1) is 11.3 Å². The fourth-order valence-electron chi connectivity index (χ4n) is 2.59. The van der Waals surface area contributed by atoms with Gasteiger partial charge < -0.3 is 5.32 Å². The van der Waals surface area contributed by atoms with E-state index in [1.165, 1.54) is 22.4 Å². The molecule has 2 rings (SSSR count). The van der Waals surface area contributed by atoms with Gasteiger partial charge in [-0.05, 0) is 42.9 Å².